The van der Waals surface area contributed by atoms with Gasteiger partial charge in [-0.1, -0.05) is 0 Å². The van der Waals surface area contributed by atoms with E-state index in [2.05, 4.69) is 0 Å². The molecule has 0 saturated carbocycles. The van der Waals surface area contributed by atoms with Crippen molar-refractivity contribution in [1.29, 1.82) is 0 Å². The predicted molar refractivity (Wildman–Crippen MR) is 23.0 cm³/mol. The fourth-order valence-electron chi connectivity index (χ4n) is 0. The zero-order valence-corrected chi connectivity index (χ0v) is 9.78. The molecular weight excluding hydrogens is 294 g/mol. The Kier molecular flexibility index (Phi) is 173. The van der Waals surface area contributed by atoms with Gasteiger partial charge in [0.05, 0.1) is 0 Å². The van der Waals surface area contributed by atoms with Crippen molar-refractivity contribution in [3.05, 3.63) is 0 Å². The molecule has 0 aromatic carbocycles. The van der Waals surface area contributed by atoms with Crippen molar-refractivity contribution in [3.63, 3.8) is 0 Å². The van der Waals surface area contributed by atoms with Gasteiger partial charge in [0.1, 0.15) is 0 Å². The van der Waals surface area contributed by atoms with E-state index in [0.29, 0.717) is 0 Å². The van der Waals surface area contributed by atoms with Gasteiger partial charge in [0.15, 0.2) is 0 Å². The van der Waals surface area contributed by atoms with E-state index in [0.717, 1.165) is 0 Å². The van der Waals surface area contributed by atoms with Crippen LogP contribution in [0.1, 0.15) is 0 Å². The van der Waals surface area contributed by atoms with Gasteiger partial charge >= 0.3 is 0 Å². The SMILES string of the molecule is [As].[Ge].[Si].[Sn]. The molecule has 0 rings (SSSR count). The minimum atomic E-state index is 0. The largest absolute Gasteiger partial charge is 0 e. The summed E-state index contributed by atoms with van der Waals surface area (Å²) in [4.78, 5) is 0. The normalized spacial score (nSPS) is 0. The Bertz CT molecular complexity index is 8.00. The van der Waals surface area contributed by atoms with E-state index in [1.54, 1.807) is 0 Å². The first-order valence-corrected chi connectivity index (χ1v) is 0. The van der Waals surface area contributed by atoms with Crippen LogP contribution in [0.5, 0.6) is 0 Å². The van der Waals surface area contributed by atoms with Gasteiger partial charge in [0, 0.05) is 70.4 Å². The van der Waals surface area contributed by atoms with Crippen LogP contribution < -0.4 is 0 Å². The zero-order valence-electron chi connectivity index (χ0n) is 1.95. The summed E-state index contributed by atoms with van der Waals surface area (Å²) in [6, 6.07) is 0. The van der Waals surface area contributed by atoms with Crippen LogP contribution in [0, 0.1) is 0 Å². The Morgan fingerprint density at radius 1 is 1.00 bits per heavy atom. The van der Waals surface area contributed by atoms with Crippen LogP contribution in [0.2, 0.25) is 0 Å². The van der Waals surface area contributed by atoms with E-state index in [1.807, 2.05) is 0 Å². The third kappa shape index (κ3) is 8.93. The first kappa shape index (κ1) is 35.7. The molecule has 0 saturated heterocycles. The minimum Gasteiger partial charge on any atom is 0 e. The Labute approximate surface area is 69.8 Å². The van der Waals surface area contributed by atoms with Crippen molar-refractivity contribution in [2.24, 2.45) is 0 Å². The van der Waals surface area contributed by atoms with Crippen LogP contribution in [0.3, 0.4) is 0 Å². The van der Waals surface area contributed by atoms with Crippen LogP contribution in [0.25, 0.3) is 0 Å². The third-order valence-electron chi connectivity index (χ3n) is 0. The molecular formula is AsGeSiSn. The van der Waals surface area contributed by atoms with Gasteiger partial charge in [-0.15, -0.1) is 0 Å². The quantitative estimate of drug-likeness (QED) is 0.476. The predicted octanol–water partition coefficient (Wildman–Crippen LogP) is -1.52. The smallest absolute Gasteiger partial charge is 0 e. The van der Waals surface area contributed by atoms with Gasteiger partial charge in [-0.2, -0.15) is 0 Å². The monoisotopic (exact) mass is 297 g/mol. The van der Waals surface area contributed by atoms with Gasteiger partial charge in [-0.25, -0.2) is 0 Å². The van der Waals surface area contributed by atoms with Crippen molar-refractivity contribution in [3.8, 4) is 0 Å². The number of rotatable bonds is 0. The maximum absolute atomic E-state index is 0. The molecule has 0 bridgehead atoms. The summed E-state index contributed by atoms with van der Waals surface area (Å²) in [5, 5.41) is 0. The van der Waals surface area contributed by atoms with Crippen molar-refractivity contribution in [2.75, 3.05) is 0 Å². The molecule has 0 spiro atoms. The van der Waals surface area contributed by atoms with Crippen LogP contribution in [0.4, 0.5) is 0 Å². The number of hydrogen-bond acceptors (Lipinski definition) is 0. The van der Waals surface area contributed by atoms with Crippen LogP contribution in [0.15, 0.2) is 0 Å². The summed E-state index contributed by atoms with van der Waals surface area (Å²) >= 11 is 0. The molecule has 0 aliphatic carbocycles. The van der Waals surface area contributed by atoms with E-state index in [9.17, 15) is 0 Å². The second-order valence-corrected chi connectivity index (χ2v) is 0. The minimum absolute atomic E-state index is 0. The summed E-state index contributed by atoms with van der Waals surface area (Å²) in [5.74, 6) is 0. The summed E-state index contributed by atoms with van der Waals surface area (Å²) < 4.78 is 0. The third-order valence-corrected chi connectivity index (χ3v) is 0. The van der Waals surface area contributed by atoms with Crippen LogP contribution in [-0.2, 0) is 0 Å². The first-order valence-electron chi connectivity index (χ1n) is 0. The van der Waals surface area contributed by atoms with Gasteiger partial charge in [0.25, 0.3) is 0 Å². The molecule has 0 heterocycles. The van der Waals surface area contributed by atoms with Crippen molar-refractivity contribution in [2.45, 2.75) is 0 Å². The summed E-state index contributed by atoms with van der Waals surface area (Å²) in [7, 11) is 0. The Morgan fingerprint density at radius 3 is 1.00 bits per heavy atom. The molecule has 0 aliphatic rings. The molecule has 0 aromatic rings. The molecule has 0 N–H and O–H groups in total. The molecule has 0 aliphatic heterocycles. The summed E-state index contributed by atoms with van der Waals surface area (Å²) in [6.07, 6.45) is 0. The topological polar surface area (TPSA) is 0 Å². The molecule has 0 nitrogen and oxygen atoms in total. The molecule has 0 amide bonds. The van der Waals surface area contributed by atoms with E-state index < -0.39 is 0 Å². The van der Waals surface area contributed by atoms with Crippen molar-refractivity contribution in [1.82, 2.24) is 0 Å². The van der Waals surface area contributed by atoms with Gasteiger partial charge in [-0.05, 0) is 0 Å². The molecule has 15 radical (unpaired) electrons. The Hall–Kier alpha value is 2.12. The maximum atomic E-state index is 0. The van der Waals surface area contributed by atoms with Crippen LogP contribution in [-0.4, -0.2) is 70.4 Å². The summed E-state index contributed by atoms with van der Waals surface area (Å²) in [5.41, 5.74) is 0. The van der Waals surface area contributed by atoms with Crippen molar-refractivity contribution >= 4 is 70.4 Å². The van der Waals surface area contributed by atoms with Crippen molar-refractivity contribution < 1.29 is 0 Å². The van der Waals surface area contributed by atoms with Crippen LogP contribution >= 0.6 is 0 Å². The summed E-state index contributed by atoms with van der Waals surface area (Å²) in [6.45, 7) is 0. The molecule has 0 aromatic heterocycles. The molecule has 4 heavy (non-hydrogen) atoms. The molecule has 4 heteroatoms. The van der Waals surface area contributed by atoms with E-state index in [1.165, 1.54) is 0 Å². The average molecular weight is 294 g/mol. The molecule has 0 atom stereocenters. The second kappa shape index (κ2) is 19.4. The number of hydrogen-bond donors (Lipinski definition) is 0. The first-order chi connectivity index (χ1) is 0. The molecule has 0 fully saturated rings. The standard InChI is InChI=1S/As.Ge.Si.Sn. The maximum Gasteiger partial charge on any atom is 0 e. The fraction of sp³-hybridized carbons (Fsp3) is 0. The average Bonchev–Trinajstić information content (AvgIpc) is 0. The van der Waals surface area contributed by atoms with Gasteiger partial charge in [-0.3, -0.25) is 0 Å². The van der Waals surface area contributed by atoms with Gasteiger partial charge < -0.3 is 0 Å². The van der Waals surface area contributed by atoms with E-state index in [4.69, 9.17) is 0 Å². The molecule has 0 unspecified atom stereocenters. The van der Waals surface area contributed by atoms with E-state index >= 15 is 0 Å². The zero-order chi connectivity index (χ0) is 0. The van der Waals surface area contributed by atoms with E-state index in [-0.39, 0.29) is 70.4 Å². The molecule has 17 valence electrons. The Morgan fingerprint density at radius 2 is 1.00 bits per heavy atom. The van der Waals surface area contributed by atoms with Gasteiger partial charge in [0.2, 0.25) is 0 Å². The Balaban J connectivity index is 0. The fourth-order valence-corrected chi connectivity index (χ4v) is 0. The second-order valence-electron chi connectivity index (χ2n) is 0.